The molecule has 0 fully saturated rings. The van der Waals surface area contributed by atoms with Gasteiger partial charge < -0.3 is 14.8 Å². The molecule has 0 spiro atoms. The predicted octanol–water partition coefficient (Wildman–Crippen LogP) is 3.46. The Hall–Kier alpha value is -3.36. The first-order valence-electron chi connectivity index (χ1n) is 10.1. The van der Waals surface area contributed by atoms with Gasteiger partial charge in [0.2, 0.25) is 15.9 Å². The molecule has 1 N–H and O–H groups in total. The molecule has 1 aliphatic rings. The van der Waals surface area contributed by atoms with Gasteiger partial charge in [-0.1, -0.05) is 30.3 Å². The summed E-state index contributed by atoms with van der Waals surface area (Å²) in [7, 11) is -0.875. The summed E-state index contributed by atoms with van der Waals surface area (Å²) in [6.45, 7) is 0.112. The second kappa shape index (κ2) is 9.02. The van der Waals surface area contributed by atoms with E-state index in [0.717, 1.165) is 11.1 Å². The molecule has 8 heteroatoms. The lowest BCUT2D eigenvalue weighted by Gasteiger charge is -2.35. The summed E-state index contributed by atoms with van der Waals surface area (Å²) in [5.41, 5.74) is 2.38. The maximum absolute atomic E-state index is 13.5. The van der Waals surface area contributed by atoms with E-state index in [4.69, 9.17) is 9.47 Å². The second-order valence-corrected chi connectivity index (χ2v) is 9.33. The third-order valence-corrected chi connectivity index (χ3v) is 7.38. The first-order chi connectivity index (χ1) is 15.4. The van der Waals surface area contributed by atoms with Crippen LogP contribution in [0.1, 0.15) is 11.1 Å². The molecule has 4 rings (SSSR count). The van der Waals surface area contributed by atoms with Crippen LogP contribution in [0.15, 0.2) is 77.7 Å². The van der Waals surface area contributed by atoms with Gasteiger partial charge in [-0.15, -0.1) is 0 Å². The maximum Gasteiger partial charge on any atom is 0.244 e. The van der Waals surface area contributed by atoms with Gasteiger partial charge in [-0.05, 0) is 53.9 Å². The fourth-order valence-electron chi connectivity index (χ4n) is 3.78. The molecule has 0 saturated heterocycles. The van der Waals surface area contributed by atoms with Crippen LogP contribution in [0.3, 0.4) is 0 Å². The van der Waals surface area contributed by atoms with Crippen LogP contribution in [0.2, 0.25) is 0 Å². The van der Waals surface area contributed by atoms with Gasteiger partial charge in [0.25, 0.3) is 0 Å². The van der Waals surface area contributed by atoms with Crippen LogP contribution in [-0.2, 0) is 27.8 Å². The number of nitrogens with zero attached hydrogens (tertiary/aromatic N) is 1. The lowest BCUT2D eigenvalue weighted by Crippen LogP contribution is -2.50. The average Bonchev–Trinajstić information content (AvgIpc) is 2.83. The van der Waals surface area contributed by atoms with Gasteiger partial charge in [-0.3, -0.25) is 4.79 Å². The van der Waals surface area contributed by atoms with Crippen LogP contribution in [0.25, 0.3) is 0 Å². The highest BCUT2D eigenvalue weighted by Crippen LogP contribution is 2.30. The molecule has 1 amide bonds. The predicted molar refractivity (Wildman–Crippen MR) is 121 cm³/mol. The monoisotopic (exact) mass is 452 g/mol. The van der Waals surface area contributed by atoms with E-state index < -0.39 is 22.0 Å². The summed E-state index contributed by atoms with van der Waals surface area (Å²) in [5.74, 6) is 0.754. The Morgan fingerprint density at radius 1 is 0.906 bits per heavy atom. The molecular formula is C24H24N2O5S. The van der Waals surface area contributed by atoms with Crippen molar-refractivity contribution in [3.63, 3.8) is 0 Å². The van der Waals surface area contributed by atoms with E-state index in [-0.39, 0.29) is 17.9 Å². The lowest BCUT2D eigenvalue weighted by atomic mass is 9.95. The van der Waals surface area contributed by atoms with Crippen LogP contribution in [0.5, 0.6) is 11.5 Å². The normalized spacial score (nSPS) is 16.1. The van der Waals surface area contributed by atoms with Crippen molar-refractivity contribution in [3.05, 3.63) is 83.9 Å². The van der Waals surface area contributed by atoms with Crippen LogP contribution in [-0.4, -0.2) is 38.9 Å². The van der Waals surface area contributed by atoms with E-state index in [9.17, 15) is 13.2 Å². The summed E-state index contributed by atoms with van der Waals surface area (Å²) in [4.78, 5) is 13.4. The van der Waals surface area contributed by atoms with Gasteiger partial charge in [0, 0.05) is 18.3 Å². The Morgan fingerprint density at radius 2 is 1.59 bits per heavy atom. The van der Waals surface area contributed by atoms with Crippen molar-refractivity contribution in [2.75, 3.05) is 19.5 Å². The molecule has 3 aromatic carbocycles. The van der Waals surface area contributed by atoms with Crippen molar-refractivity contribution in [2.45, 2.75) is 23.9 Å². The zero-order valence-electron chi connectivity index (χ0n) is 17.8. The minimum absolute atomic E-state index is 0.108. The number of carbonyl (C=O) groups is 1. The van der Waals surface area contributed by atoms with E-state index in [1.807, 2.05) is 24.3 Å². The van der Waals surface area contributed by atoms with Crippen molar-refractivity contribution in [3.8, 4) is 11.5 Å². The first-order valence-corrected chi connectivity index (χ1v) is 11.5. The molecule has 3 aromatic rings. The van der Waals surface area contributed by atoms with Gasteiger partial charge in [-0.2, -0.15) is 4.31 Å². The van der Waals surface area contributed by atoms with E-state index >= 15 is 0 Å². The highest BCUT2D eigenvalue weighted by molar-refractivity contribution is 7.89. The van der Waals surface area contributed by atoms with Gasteiger partial charge in [0.1, 0.15) is 17.5 Å². The molecule has 32 heavy (non-hydrogen) atoms. The van der Waals surface area contributed by atoms with Gasteiger partial charge >= 0.3 is 0 Å². The molecule has 1 heterocycles. The standard InChI is InChI=1S/C24H24N2O5S/c1-30-20-10-12-22(13-11-20)32(28,29)26-16-18-7-4-3-6-17(18)14-23(26)24(27)25-19-8-5-9-21(15-19)31-2/h3-13,15,23H,14,16H2,1-2H3,(H,25,27)/t23-/m1/s1. The molecule has 0 aromatic heterocycles. The van der Waals surface area contributed by atoms with E-state index in [1.54, 1.807) is 43.5 Å². The molecule has 0 saturated carbocycles. The van der Waals surface area contributed by atoms with Crippen LogP contribution >= 0.6 is 0 Å². The van der Waals surface area contributed by atoms with E-state index in [1.165, 1.54) is 23.5 Å². The second-order valence-electron chi connectivity index (χ2n) is 7.44. The van der Waals surface area contributed by atoms with Gasteiger partial charge in [0.15, 0.2) is 0 Å². The number of anilines is 1. The van der Waals surface area contributed by atoms with Crippen molar-refractivity contribution >= 4 is 21.6 Å². The Morgan fingerprint density at radius 3 is 2.28 bits per heavy atom. The molecule has 7 nitrogen and oxygen atoms in total. The molecule has 0 bridgehead atoms. The van der Waals surface area contributed by atoms with Crippen LogP contribution < -0.4 is 14.8 Å². The summed E-state index contributed by atoms with van der Waals surface area (Å²) >= 11 is 0. The highest BCUT2D eigenvalue weighted by Gasteiger charge is 2.39. The number of ether oxygens (including phenoxy) is 2. The Balaban J connectivity index is 1.69. The minimum Gasteiger partial charge on any atom is -0.497 e. The minimum atomic E-state index is -3.94. The molecular weight excluding hydrogens is 428 g/mol. The number of amides is 1. The molecule has 1 atom stereocenters. The number of hydrogen-bond acceptors (Lipinski definition) is 5. The molecule has 1 aliphatic heterocycles. The van der Waals surface area contributed by atoms with Crippen molar-refractivity contribution < 1.29 is 22.7 Å². The summed E-state index contributed by atoms with van der Waals surface area (Å²) < 4.78 is 38.7. The number of carbonyl (C=O) groups excluding carboxylic acids is 1. The Labute approximate surface area is 187 Å². The number of sulfonamides is 1. The van der Waals surface area contributed by atoms with Crippen LogP contribution in [0.4, 0.5) is 5.69 Å². The number of rotatable bonds is 6. The maximum atomic E-state index is 13.5. The average molecular weight is 453 g/mol. The number of hydrogen-bond donors (Lipinski definition) is 1. The zero-order chi connectivity index (χ0) is 22.7. The molecule has 0 radical (unpaired) electrons. The fraction of sp³-hybridized carbons (Fsp3) is 0.208. The van der Waals surface area contributed by atoms with Crippen molar-refractivity contribution in [1.82, 2.24) is 4.31 Å². The van der Waals surface area contributed by atoms with Gasteiger partial charge in [0.05, 0.1) is 19.1 Å². The number of methoxy groups -OCH3 is 2. The lowest BCUT2D eigenvalue weighted by molar-refractivity contribution is -0.120. The highest BCUT2D eigenvalue weighted by atomic mass is 32.2. The smallest absolute Gasteiger partial charge is 0.244 e. The number of fused-ring (bicyclic) bond motifs is 1. The third kappa shape index (κ3) is 4.32. The zero-order valence-corrected chi connectivity index (χ0v) is 18.6. The topological polar surface area (TPSA) is 84.9 Å². The van der Waals surface area contributed by atoms with Crippen molar-refractivity contribution in [2.24, 2.45) is 0 Å². The first kappa shape index (κ1) is 21.9. The van der Waals surface area contributed by atoms with Gasteiger partial charge in [-0.25, -0.2) is 8.42 Å². The van der Waals surface area contributed by atoms with E-state index in [2.05, 4.69) is 5.32 Å². The number of benzene rings is 3. The number of nitrogens with one attached hydrogen (secondary N) is 1. The molecule has 166 valence electrons. The SMILES string of the molecule is COc1ccc(S(=O)(=O)N2Cc3ccccc3C[C@@H]2C(=O)Nc2cccc(OC)c2)cc1. The van der Waals surface area contributed by atoms with Crippen molar-refractivity contribution in [1.29, 1.82) is 0 Å². The van der Waals surface area contributed by atoms with E-state index in [0.29, 0.717) is 17.2 Å². The third-order valence-electron chi connectivity index (χ3n) is 5.51. The quantitative estimate of drug-likeness (QED) is 0.619. The summed E-state index contributed by atoms with van der Waals surface area (Å²) in [6, 6.07) is 19.8. The Bertz CT molecular complexity index is 1230. The summed E-state index contributed by atoms with van der Waals surface area (Å²) in [5, 5.41) is 2.84. The van der Waals surface area contributed by atoms with Crippen LogP contribution in [0, 0.1) is 0 Å². The molecule has 0 aliphatic carbocycles. The fourth-order valence-corrected chi connectivity index (χ4v) is 5.35. The summed E-state index contributed by atoms with van der Waals surface area (Å²) in [6.07, 6.45) is 0.279. The molecule has 0 unspecified atom stereocenters. The largest absolute Gasteiger partial charge is 0.497 e. The Kier molecular flexibility index (Phi) is 6.16.